The Hall–Kier alpha value is -3.54. The molecule has 3 aromatic rings. The molecule has 196 valence electrons. The maximum atomic E-state index is 12.7. The Kier molecular flexibility index (Phi) is 8.85. The van der Waals surface area contributed by atoms with Gasteiger partial charge in [0.05, 0.1) is 11.1 Å². The first-order valence-corrected chi connectivity index (χ1v) is 14.3. The highest BCUT2D eigenvalue weighted by atomic mass is 32.2. The van der Waals surface area contributed by atoms with Crippen LogP contribution in [0.25, 0.3) is 0 Å². The summed E-state index contributed by atoms with van der Waals surface area (Å²) < 4.78 is 58.2. The molecule has 0 aliphatic heterocycles. The van der Waals surface area contributed by atoms with E-state index in [4.69, 9.17) is 4.18 Å². The number of hydrogen-bond acceptors (Lipinski definition) is 7. The van der Waals surface area contributed by atoms with Crippen molar-refractivity contribution in [3.05, 3.63) is 89.5 Å². The number of sulfonamides is 1. The van der Waals surface area contributed by atoms with Crippen molar-refractivity contribution < 1.29 is 25.8 Å². The number of aryl methyl sites for hydroxylation is 2. The fourth-order valence-electron chi connectivity index (χ4n) is 3.21. The molecule has 0 aromatic heterocycles. The van der Waals surface area contributed by atoms with Crippen LogP contribution in [0.3, 0.4) is 0 Å². The molecule has 0 saturated heterocycles. The van der Waals surface area contributed by atoms with Crippen LogP contribution in [-0.4, -0.2) is 35.0 Å². The number of carbonyl (C=O) groups excluding carboxylic acids is 1. The molecule has 2 N–H and O–H groups in total. The molecule has 0 aliphatic rings. The van der Waals surface area contributed by atoms with Crippen LogP contribution in [0.4, 0.5) is 0 Å². The van der Waals surface area contributed by atoms with Gasteiger partial charge in [-0.05, 0) is 61.7 Å². The van der Waals surface area contributed by atoms with Gasteiger partial charge in [0.2, 0.25) is 10.0 Å². The van der Waals surface area contributed by atoms with E-state index in [1.54, 1.807) is 50.2 Å². The number of nitrogens with zero attached hydrogens (tertiary/aromatic N) is 1. The van der Waals surface area contributed by atoms with Crippen LogP contribution in [0.5, 0.6) is 5.75 Å². The minimum absolute atomic E-state index is 0.0252. The smallest absolute Gasteiger partial charge is 0.339 e. The summed E-state index contributed by atoms with van der Waals surface area (Å²) in [6.07, 6.45) is 1.30. The maximum absolute atomic E-state index is 12.7. The van der Waals surface area contributed by atoms with Crippen LogP contribution in [0.2, 0.25) is 0 Å². The van der Waals surface area contributed by atoms with Gasteiger partial charge in [0.15, 0.2) is 0 Å². The number of nitrogens with one attached hydrogen (secondary N) is 2. The molecule has 0 radical (unpaired) electrons. The number of carbonyl (C=O) groups is 1. The molecule has 11 heteroatoms. The molecule has 3 rings (SSSR count). The molecule has 1 amide bonds. The zero-order chi connectivity index (χ0) is 27.2. The quantitative estimate of drug-likeness (QED) is 0.229. The Morgan fingerprint density at radius 1 is 0.865 bits per heavy atom. The van der Waals surface area contributed by atoms with Gasteiger partial charge in [-0.15, -0.1) is 0 Å². The molecular weight excluding hydrogens is 514 g/mol. The highest BCUT2D eigenvalue weighted by molar-refractivity contribution is 7.89. The standard InChI is InChI=1S/C26H29N3O6S2/c1-18(2)25(29-36(31,32)23-12-8-19(3)9-13-23)26(30)28-27-17-21-6-5-7-22(16-21)35-37(33,34)24-14-10-20(4)11-15-24/h5-18,25,29H,1-4H3,(H,28,30)/b27-17-/t25-/m0/s1. The summed E-state index contributed by atoms with van der Waals surface area (Å²) in [5, 5.41) is 3.90. The van der Waals surface area contributed by atoms with Crippen molar-refractivity contribution in [3.8, 4) is 5.75 Å². The van der Waals surface area contributed by atoms with Crippen LogP contribution in [0.15, 0.2) is 87.7 Å². The Bertz CT molecular complexity index is 1480. The lowest BCUT2D eigenvalue weighted by Gasteiger charge is -2.20. The zero-order valence-corrected chi connectivity index (χ0v) is 22.5. The lowest BCUT2D eigenvalue weighted by molar-refractivity contribution is -0.123. The van der Waals surface area contributed by atoms with E-state index in [1.165, 1.54) is 42.6 Å². The Morgan fingerprint density at radius 3 is 2.00 bits per heavy atom. The number of rotatable bonds is 10. The Labute approximate surface area is 217 Å². The third-order valence-electron chi connectivity index (χ3n) is 5.32. The summed E-state index contributed by atoms with van der Waals surface area (Å²) in [5.41, 5.74) is 4.62. The predicted octanol–water partition coefficient (Wildman–Crippen LogP) is 3.52. The Morgan fingerprint density at radius 2 is 1.43 bits per heavy atom. The number of hydrazone groups is 1. The predicted molar refractivity (Wildman–Crippen MR) is 141 cm³/mol. The average molecular weight is 544 g/mol. The van der Waals surface area contributed by atoms with Crippen LogP contribution in [0, 0.1) is 19.8 Å². The largest absolute Gasteiger partial charge is 0.379 e. The second-order valence-corrected chi connectivity index (χ2v) is 12.1. The van der Waals surface area contributed by atoms with Crippen LogP contribution < -0.4 is 14.3 Å². The maximum Gasteiger partial charge on any atom is 0.339 e. The molecule has 0 aliphatic carbocycles. The second-order valence-electron chi connectivity index (χ2n) is 8.81. The van der Waals surface area contributed by atoms with Gasteiger partial charge in [-0.2, -0.15) is 18.2 Å². The van der Waals surface area contributed by atoms with Gasteiger partial charge in [-0.1, -0.05) is 61.4 Å². The van der Waals surface area contributed by atoms with E-state index in [-0.39, 0.29) is 21.5 Å². The average Bonchev–Trinajstić information content (AvgIpc) is 2.83. The van der Waals surface area contributed by atoms with Gasteiger partial charge in [0.1, 0.15) is 16.7 Å². The van der Waals surface area contributed by atoms with Gasteiger partial charge in [-0.3, -0.25) is 4.79 Å². The van der Waals surface area contributed by atoms with Gasteiger partial charge in [0.25, 0.3) is 5.91 Å². The summed E-state index contributed by atoms with van der Waals surface area (Å²) in [4.78, 5) is 12.8. The first-order valence-electron chi connectivity index (χ1n) is 11.4. The molecule has 0 saturated carbocycles. The number of amides is 1. The molecule has 0 fully saturated rings. The van der Waals surface area contributed by atoms with Gasteiger partial charge < -0.3 is 4.18 Å². The molecule has 1 atom stereocenters. The molecule has 9 nitrogen and oxygen atoms in total. The molecular formula is C26H29N3O6S2. The molecule has 0 spiro atoms. The van der Waals surface area contributed by atoms with Crippen LogP contribution in [0.1, 0.15) is 30.5 Å². The van der Waals surface area contributed by atoms with Gasteiger partial charge in [0, 0.05) is 0 Å². The van der Waals surface area contributed by atoms with Crippen LogP contribution >= 0.6 is 0 Å². The summed E-state index contributed by atoms with van der Waals surface area (Å²) in [7, 11) is -7.95. The summed E-state index contributed by atoms with van der Waals surface area (Å²) in [6, 6.07) is 17.6. The van der Waals surface area contributed by atoms with Crippen molar-refractivity contribution in [3.63, 3.8) is 0 Å². The van der Waals surface area contributed by atoms with Crippen molar-refractivity contribution in [2.24, 2.45) is 11.0 Å². The lowest BCUT2D eigenvalue weighted by Crippen LogP contribution is -2.48. The fourth-order valence-corrected chi connectivity index (χ4v) is 5.48. The third kappa shape index (κ3) is 7.72. The van der Waals surface area contributed by atoms with E-state index in [2.05, 4.69) is 15.2 Å². The van der Waals surface area contributed by atoms with E-state index in [0.29, 0.717) is 5.56 Å². The topological polar surface area (TPSA) is 131 Å². The summed E-state index contributed by atoms with van der Waals surface area (Å²) in [6.45, 7) is 7.11. The first-order chi connectivity index (χ1) is 17.4. The Balaban J connectivity index is 1.67. The first kappa shape index (κ1) is 28.0. The zero-order valence-electron chi connectivity index (χ0n) is 20.9. The summed E-state index contributed by atoms with van der Waals surface area (Å²) >= 11 is 0. The molecule has 3 aromatic carbocycles. The van der Waals surface area contributed by atoms with E-state index >= 15 is 0 Å². The highest BCUT2D eigenvalue weighted by Crippen LogP contribution is 2.20. The molecule has 0 bridgehead atoms. The van der Waals surface area contributed by atoms with E-state index < -0.39 is 32.1 Å². The summed E-state index contributed by atoms with van der Waals surface area (Å²) in [5.74, 6) is -0.933. The molecule has 0 unspecified atom stereocenters. The van der Waals surface area contributed by atoms with Gasteiger partial charge in [-0.25, -0.2) is 13.8 Å². The highest BCUT2D eigenvalue weighted by Gasteiger charge is 2.28. The van der Waals surface area contributed by atoms with Crippen LogP contribution in [-0.2, 0) is 24.9 Å². The van der Waals surface area contributed by atoms with Crippen molar-refractivity contribution >= 4 is 32.3 Å². The fraction of sp³-hybridized carbons (Fsp3) is 0.231. The van der Waals surface area contributed by atoms with Crippen molar-refractivity contribution in [2.75, 3.05) is 0 Å². The monoisotopic (exact) mass is 543 g/mol. The normalized spacial score (nSPS) is 13.0. The third-order valence-corrected chi connectivity index (χ3v) is 8.04. The lowest BCUT2D eigenvalue weighted by atomic mass is 10.1. The molecule has 0 heterocycles. The minimum atomic E-state index is -4.02. The number of hydrogen-bond donors (Lipinski definition) is 2. The van der Waals surface area contributed by atoms with Crippen molar-refractivity contribution in [2.45, 2.75) is 43.5 Å². The van der Waals surface area contributed by atoms with Crippen molar-refractivity contribution in [1.82, 2.24) is 10.1 Å². The van der Waals surface area contributed by atoms with Crippen molar-refractivity contribution in [1.29, 1.82) is 0 Å². The minimum Gasteiger partial charge on any atom is -0.379 e. The molecule has 37 heavy (non-hydrogen) atoms. The second kappa shape index (κ2) is 11.7. The van der Waals surface area contributed by atoms with E-state index in [9.17, 15) is 21.6 Å². The van der Waals surface area contributed by atoms with Gasteiger partial charge >= 0.3 is 10.1 Å². The van der Waals surface area contributed by atoms with E-state index in [0.717, 1.165) is 11.1 Å². The van der Waals surface area contributed by atoms with E-state index in [1.807, 2.05) is 13.8 Å². The SMILES string of the molecule is Cc1ccc(S(=O)(=O)N[C@H](C(=O)N/N=C\c2cccc(OS(=O)(=O)c3ccc(C)cc3)c2)C(C)C)cc1. The number of benzene rings is 3.